The van der Waals surface area contributed by atoms with Gasteiger partial charge >= 0.3 is 0 Å². The molecular formula is C9H11O2P. The Hall–Kier alpha value is -0.750. The molecule has 1 aromatic carbocycles. The summed E-state index contributed by atoms with van der Waals surface area (Å²) in [6.07, 6.45) is 0. The number of hydrogen-bond donors (Lipinski definition) is 0. The molecule has 0 aromatic heterocycles. The summed E-state index contributed by atoms with van der Waals surface area (Å²) in [4.78, 5) is 0. The Morgan fingerprint density at radius 1 is 1.33 bits per heavy atom. The lowest BCUT2D eigenvalue weighted by atomic mass is 10.3. The van der Waals surface area contributed by atoms with Gasteiger partial charge in [0.15, 0.2) is 11.5 Å². The highest BCUT2D eigenvalue weighted by Crippen LogP contribution is 2.34. The second-order valence-electron chi connectivity index (χ2n) is 2.65. The van der Waals surface area contributed by atoms with Crippen LogP contribution in [-0.2, 0) is 0 Å². The Labute approximate surface area is 73.7 Å². The quantitative estimate of drug-likeness (QED) is 0.619. The summed E-state index contributed by atoms with van der Waals surface area (Å²) in [6.45, 7) is 2.81. The number of ether oxygens (including phenoxy) is 2. The monoisotopic (exact) mass is 182 g/mol. The van der Waals surface area contributed by atoms with Gasteiger partial charge in [-0.3, -0.25) is 0 Å². The number of fused-ring (bicyclic) bond motifs is 1. The molecule has 0 N–H and O–H groups in total. The summed E-state index contributed by atoms with van der Waals surface area (Å²) in [6, 6.07) is 7.80. The van der Waals surface area contributed by atoms with E-state index in [1.807, 2.05) is 24.3 Å². The van der Waals surface area contributed by atoms with Gasteiger partial charge in [0.1, 0.15) is 12.5 Å². The molecule has 0 aliphatic carbocycles. The van der Waals surface area contributed by atoms with Crippen molar-refractivity contribution in [1.29, 1.82) is 0 Å². The maximum absolute atomic E-state index is 5.67. The highest BCUT2D eigenvalue weighted by atomic mass is 31.1. The van der Waals surface area contributed by atoms with E-state index < -0.39 is 0 Å². The summed E-state index contributed by atoms with van der Waals surface area (Å²) >= 11 is 0. The number of para-hydroxylation sites is 2. The molecule has 12 heavy (non-hydrogen) atoms. The second kappa shape index (κ2) is 3.32. The van der Waals surface area contributed by atoms with Crippen molar-refractivity contribution >= 4 is 8.58 Å². The van der Waals surface area contributed by atoms with Gasteiger partial charge in [0.05, 0.1) is 0 Å². The van der Waals surface area contributed by atoms with Crippen LogP contribution in [0.15, 0.2) is 24.3 Å². The molecule has 1 aliphatic heterocycles. The molecule has 0 saturated carbocycles. The van der Waals surface area contributed by atoms with E-state index >= 15 is 0 Å². The van der Waals surface area contributed by atoms with E-state index in [-0.39, 0.29) is 5.85 Å². The second-order valence-corrected chi connectivity index (χ2v) is 3.87. The van der Waals surface area contributed by atoms with Crippen LogP contribution in [-0.4, -0.2) is 19.1 Å². The average molecular weight is 182 g/mol. The highest BCUT2D eigenvalue weighted by molar-refractivity contribution is 7.37. The zero-order chi connectivity index (χ0) is 8.39. The summed E-state index contributed by atoms with van der Waals surface area (Å²) in [5.74, 6) is 2.00. The van der Waals surface area contributed by atoms with Crippen molar-refractivity contribution in [3.05, 3.63) is 24.3 Å². The Morgan fingerprint density at radius 2 is 2.08 bits per heavy atom. The van der Waals surface area contributed by atoms with Crippen LogP contribution >= 0.6 is 8.58 Å². The maximum atomic E-state index is 5.67. The molecule has 0 saturated heterocycles. The third kappa shape index (κ3) is 1.39. The van der Waals surface area contributed by atoms with E-state index in [4.69, 9.17) is 9.47 Å². The van der Waals surface area contributed by atoms with Gasteiger partial charge in [0, 0.05) is 0 Å². The molecule has 3 heteroatoms. The lowest BCUT2D eigenvalue weighted by Crippen LogP contribution is -2.24. The van der Waals surface area contributed by atoms with Crippen molar-refractivity contribution in [3.8, 4) is 11.5 Å². The zero-order valence-corrected chi connectivity index (χ0v) is 7.91. The molecule has 2 rings (SSSR count). The standard InChI is InChI=1S/C9H11O2P/c1-12-9-6-10-7-4-2-3-5-8(7)11-9/h2-5,9,12H,6H2,1H3. The van der Waals surface area contributed by atoms with Gasteiger partial charge in [-0.1, -0.05) is 20.7 Å². The molecule has 0 radical (unpaired) electrons. The van der Waals surface area contributed by atoms with Gasteiger partial charge in [-0.15, -0.1) is 0 Å². The summed E-state index contributed by atoms with van der Waals surface area (Å²) in [7, 11) is 0.772. The Balaban J connectivity index is 2.23. The first kappa shape index (κ1) is 7.88. The first-order valence-corrected chi connectivity index (χ1v) is 5.53. The van der Waals surface area contributed by atoms with E-state index in [0.29, 0.717) is 6.61 Å². The third-order valence-electron chi connectivity index (χ3n) is 1.83. The molecule has 0 spiro atoms. The number of hydrogen-bond acceptors (Lipinski definition) is 2. The molecule has 0 bridgehead atoms. The first-order chi connectivity index (χ1) is 5.90. The molecular weight excluding hydrogens is 171 g/mol. The first-order valence-electron chi connectivity index (χ1n) is 3.96. The van der Waals surface area contributed by atoms with Crippen molar-refractivity contribution in [2.24, 2.45) is 0 Å². The van der Waals surface area contributed by atoms with E-state index in [0.717, 1.165) is 20.1 Å². The fraction of sp³-hybridized carbons (Fsp3) is 0.333. The van der Waals surface area contributed by atoms with Crippen LogP contribution in [0.4, 0.5) is 0 Å². The van der Waals surface area contributed by atoms with Gasteiger partial charge < -0.3 is 9.47 Å². The lowest BCUT2D eigenvalue weighted by Gasteiger charge is -2.25. The van der Waals surface area contributed by atoms with Gasteiger partial charge in [0.2, 0.25) is 0 Å². The van der Waals surface area contributed by atoms with E-state index in [1.165, 1.54) is 0 Å². The molecule has 0 fully saturated rings. The molecule has 0 amide bonds. The van der Waals surface area contributed by atoms with Crippen LogP contribution in [0.25, 0.3) is 0 Å². The maximum Gasteiger partial charge on any atom is 0.162 e. The average Bonchev–Trinajstić information content (AvgIpc) is 2.17. The van der Waals surface area contributed by atoms with Gasteiger partial charge in [-0.05, 0) is 18.8 Å². The van der Waals surface area contributed by atoms with Gasteiger partial charge in [0.25, 0.3) is 0 Å². The smallest absolute Gasteiger partial charge is 0.162 e. The predicted molar refractivity (Wildman–Crippen MR) is 50.6 cm³/mol. The largest absolute Gasteiger partial charge is 0.485 e. The highest BCUT2D eigenvalue weighted by Gasteiger charge is 2.17. The van der Waals surface area contributed by atoms with Crippen molar-refractivity contribution < 1.29 is 9.47 Å². The SMILES string of the molecule is CPC1COc2ccccc2O1. The normalized spacial score (nSPS) is 21.6. The van der Waals surface area contributed by atoms with Crippen LogP contribution < -0.4 is 9.47 Å². The number of rotatable bonds is 1. The predicted octanol–water partition coefficient (Wildman–Crippen LogP) is 2.09. The summed E-state index contributed by atoms with van der Waals surface area (Å²) in [5.41, 5.74) is 0. The van der Waals surface area contributed by atoms with Crippen LogP contribution in [0.1, 0.15) is 0 Å². The fourth-order valence-corrected chi connectivity index (χ4v) is 1.66. The molecule has 1 heterocycles. The molecule has 1 aromatic rings. The molecule has 2 nitrogen and oxygen atoms in total. The van der Waals surface area contributed by atoms with Gasteiger partial charge in [-0.25, -0.2) is 0 Å². The summed E-state index contributed by atoms with van der Waals surface area (Å²) in [5, 5.41) is 0. The molecule has 64 valence electrons. The van der Waals surface area contributed by atoms with Crippen molar-refractivity contribution in [1.82, 2.24) is 0 Å². The number of benzene rings is 1. The lowest BCUT2D eigenvalue weighted by molar-refractivity contribution is 0.147. The van der Waals surface area contributed by atoms with E-state index in [1.54, 1.807) is 0 Å². The van der Waals surface area contributed by atoms with Crippen molar-refractivity contribution in [2.75, 3.05) is 13.3 Å². The molecule has 2 unspecified atom stereocenters. The van der Waals surface area contributed by atoms with Gasteiger partial charge in [-0.2, -0.15) is 0 Å². The van der Waals surface area contributed by atoms with E-state index in [9.17, 15) is 0 Å². The fourth-order valence-electron chi connectivity index (χ4n) is 1.16. The van der Waals surface area contributed by atoms with Crippen LogP contribution in [0.2, 0.25) is 0 Å². The van der Waals surface area contributed by atoms with Crippen molar-refractivity contribution in [3.63, 3.8) is 0 Å². The van der Waals surface area contributed by atoms with Crippen LogP contribution in [0.3, 0.4) is 0 Å². The minimum Gasteiger partial charge on any atom is -0.485 e. The topological polar surface area (TPSA) is 18.5 Å². The molecule has 1 aliphatic rings. The third-order valence-corrected chi connectivity index (χ3v) is 2.76. The Kier molecular flexibility index (Phi) is 2.18. The van der Waals surface area contributed by atoms with Crippen LogP contribution in [0, 0.1) is 0 Å². The van der Waals surface area contributed by atoms with Crippen molar-refractivity contribution in [2.45, 2.75) is 5.85 Å². The minimum absolute atomic E-state index is 0.250. The Morgan fingerprint density at radius 3 is 2.83 bits per heavy atom. The molecule has 2 atom stereocenters. The Bertz CT molecular complexity index is 275. The van der Waals surface area contributed by atoms with E-state index in [2.05, 4.69) is 6.66 Å². The minimum atomic E-state index is 0.250. The summed E-state index contributed by atoms with van der Waals surface area (Å²) < 4.78 is 11.2. The van der Waals surface area contributed by atoms with Crippen LogP contribution in [0.5, 0.6) is 11.5 Å². The zero-order valence-electron chi connectivity index (χ0n) is 6.91.